The first-order chi connectivity index (χ1) is 12.6. The number of carbonyl (C=O) groups is 1. The van der Waals surface area contributed by atoms with Crippen molar-refractivity contribution in [2.24, 2.45) is 0 Å². The minimum atomic E-state index is -1.23. The van der Waals surface area contributed by atoms with Gasteiger partial charge in [0.25, 0.3) is 5.56 Å². The average molecular weight is 379 g/mol. The Kier molecular flexibility index (Phi) is 8.68. The zero-order valence-corrected chi connectivity index (χ0v) is 16.4. The summed E-state index contributed by atoms with van der Waals surface area (Å²) in [5.41, 5.74) is 0.389. The number of anilines is 1. The lowest BCUT2D eigenvalue weighted by atomic mass is 10.1. The Morgan fingerprint density at radius 1 is 1.04 bits per heavy atom. The molecule has 1 aromatic heterocycles. The predicted molar refractivity (Wildman–Crippen MR) is 110 cm³/mol. The molecule has 6 heteroatoms. The Labute approximate surface area is 159 Å². The molecule has 1 aromatic carbocycles. The van der Waals surface area contributed by atoms with E-state index in [1.54, 1.807) is 12.1 Å². The summed E-state index contributed by atoms with van der Waals surface area (Å²) in [7, 11) is 0. The number of nitrogens with one attached hydrogen (secondary N) is 1. The first-order valence-corrected chi connectivity index (χ1v) is 10.5. The molecular formula is C20H30N2O3S. The standard InChI is InChI=1S/C20H30N2O3S/c1-2-3-4-5-6-7-8-9-10-11-15-21-17-14-12-13-16-18(17)26-22(19(16)23)20(24)25/h12-14,21H,2-11,15H2,1H3,(H,24,25). The third kappa shape index (κ3) is 5.87. The maximum absolute atomic E-state index is 12.0. The number of hydrogen-bond acceptors (Lipinski definition) is 4. The van der Waals surface area contributed by atoms with Crippen molar-refractivity contribution < 1.29 is 9.90 Å². The molecule has 0 amide bonds. The van der Waals surface area contributed by atoms with Crippen molar-refractivity contribution in [1.29, 1.82) is 0 Å². The van der Waals surface area contributed by atoms with Crippen LogP contribution in [0.25, 0.3) is 10.1 Å². The van der Waals surface area contributed by atoms with Crippen molar-refractivity contribution in [2.75, 3.05) is 11.9 Å². The SMILES string of the molecule is CCCCCCCCCCCCNc1cccc2c(=O)n(C(=O)O)sc12. The van der Waals surface area contributed by atoms with Crippen LogP contribution < -0.4 is 10.9 Å². The van der Waals surface area contributed by atoms with Crippen LogP contribution in [0.4, 0.5) is 10.5 Å². The van der Waals surface area contributed by atoms with Gasteiger partial charge in [-0.1, -0.05) is 70.8 Å². The van der Waals surface area contributed by atoms with E-state index in [-0.39, 0.29) is 0 Å². The minimum absolute atomic E-state index is 0.458. The molecule has 0 aliphatic heterocycles. The fourth-order valence-electron chi connectivity index (χ4n) is 3.15. The predicted octanol–water partition coefficient (Wildman–Crippen LogP) is 5.92. The van der Waals surface area contributed by atoms with E-state index in [0.29, 0.717) is 10.1 Å². The maximum atomic E-state index is 12.0. The second-order valence-corrected chi connectivity index (χ2v) is 7.72. The van der Waals surface area contributed by atoms with Crippen LogP contribution in [0.1, 0.15) is 71.1 Å². The maximum Gasteiger partial charge on any atom is 0.428 e. The Hall–Kier alpha value is -1.82. The second kappa shape index (κ2) is 11.0. The molecule has 1 heterocycles. The molecule has 0 aliphatic rings. The third-order valence-electron chi connectivity index (χ3n) is 4.63. The summed E-state index contributed by atoms with van der Waals surface area (Å²) >= 11 is 0.984. The topological polar surface area (TPSA) is 71.3 Å². The zero-order chi connectivity index (χ0) is 18.8. The highest BCUT2D eigenvalue weighted by molar-refractivity contribution is 7.15. The van der Waals surface area contributed by atoms with Crippen LogP contribution in [0.5, 0.6) is 0 Å². The number of aromatic nitrogens is 1. The van der Waals surface area contributed by atoms with Gasteiger partial charge < -0.3 is 10.4 Å². The Morgan fingerprint density at radius 2 is 1.65 bits per heavy atom. The second-order valence-electron chi connectivity index (χ2n) is 6.76. The van der Waals surface area contributed by atoms with E-state index in [9.17, 15) is 9.59 Å². The Balaban J connectivity index is 1.69. The van der Waals surface area contributed by atoms with Gasteiger partial charge in [0.15, 0.2) is 0 Å². The highest BCUT2D eigenvalue weighted by Gasteiger charge is 2.14. The van der Waals surface area contributed by atoms with E-state index in [4.69, 9.17) is 5.11 Å². The van der Waals surface area contributed by atoms with Crippen LogP contribution in [0.15, 0.2) is 23.0 Å². The molecule has 0 atom stereocenters. The number of unbranched alkanes of at least 4 members (excludes halogenated alkanes) is 9. The Morgan fingerprint density at radius 3 is 2.27 bits per heavy atom. The van der Waals surface area contributed by atoms with Gasteiger partial charge in [-0.15, -0.1) is 0 Å². The average Bonchev–Trinajstić information content (AvgIpc) is 2.98. The van der Waals surface area contributed by atoms with Gasteiger partial charge in [0.1, 0.15) is 0 Å². The molecule has 0 radical (unpaired) electrons. The van der Waals surface area contributed by atoms with E-state index in [2.05, 4.69) is 12.2 Å². The van der Waals surface area contributed by atoms with Crippen molar-refractivity contribution in [3.63, 3.8) is 0 Å². The summed E-state index contributed by atoms with van der Waals surface area (Å²) < 4.78 is 1.50. The molecule has 0 bridgehead atoms. The molecule has 2 aromatic rings. The molecular weight excluding hydrogens is 348 g/mol. The molecule has 0 unspecified atom stereocenters. The van der Waals surface area contributed by atoms with Crippen LogP contribution in [0.2, 0.25) is 0 Å². The van der Waals surface area contributed by atoms with Gasteiger partial charge in [0.05, 0.1) is 15.8 Å². The largest absolute Gasteiger partial charge is 0.464 e. The zero-order valence-electron chi connectivity index (χ0n) is 15.6. The van der Waals surface area contributed by atoms with Gasteiger partial charge in [0, 0.05) is 6.54 Å². The normalized spacial score (nSPS) is 11.1. The van der Waals surface area contributed by atoms with Gasteiger partial charge in [-0.25, -0.2) is 4.79 Å². The number of benzene rings is 1. The quantitative estimate of drug-likeness (QED) is 0.450. The lowest BCUT2D eigenvalue weighted by Gasteiger charge is -2.07. The Bertz CT molecular complexity index is 751. The van der Waals surface area contributed by atoms with Crippen molar-refractivity contribution in [3.05, 3.63) is 28.6 Å². The summed E-state index contributed by atoms with van der Waals surface area (Å²) in [5.74, 6) is 0. The van der Waals surface area contributed by atoms with Crippen LogP contribution in [0, 0.1) is 0 Å². The molecule has 2 rings (SSSR count). The van der Waals surface area contributed by atoms with Crippen LogP contribution in [-0.2, 0) is 0 Å². The van der Waals surface area contributed by atoms with Crippen molar-refractivity contribution >= 4 is 33.4 Å². The first kappa shape index (κ1) is 20.5. The molecule has 0 saturated carbocycles. The number of hydrogen-bond donors (Lipinski definition) is 2. The third-order valence-corrected chi connectivity index (χ3v) is 5.76. The molecule has 0 saturated heterocycles. The van der Waals surface area contributed by atoms with Crippen molar-refractivity contribution in [1.82, 2.24) is 3.96 Å². The van der Waals surface area contributed by atoms with Gasteiger partial charge in [-0.2, -0.15) is 3.96 Å². The van der Waals surface area contributed by atoms with Gasteiger partial charge in [-0.3, -0.25) is 4.79 Å². The highest BCUT2D eigenvalue weighted by atomic mass is 32.1. The molecule has 5 nitrogen and oxygen atoms in total. The summed E-state index contributed by atoms with van der Waals surface area (Å²) in [5, 5.41) is 12.9. The fourth-order valence-corrected chi connectivity index (χ4v) is 4.08. The minimum Gasteiger partial charge on any atom is -0.464 e. The number of rotatable bonds is 12. The van der Waals surface area contributed by atoms with E-state index in [0.717, 1.165) is 34.1 Å². The molecule has 2 N–H and O–H groups in total. The number of carboxylic acid groups (broad SMARTS) is 1. The van der Waals surface area contributed by atoms with Crippen molar-refractivity contribution in [2.45, 2.75) is 71.1 Å². The van der Waals surface area contributed by atoms with E-state index >= 15 is 0 Å². The molecule has 26 heavy (non-hydrogen) atoms. The molecule has 144 valence electrons. The van der Waals surface area contributed by atoms with Gasteiger partial charge in [0.2, 0.25) is 0 Å². The van der Waals surface area contributed by atoms with E-state index < -0.39 is 11.7 Å². The fraction of sp³-hybridized carbons (Fsp3) is 0.600. The summed E-state index contributed by atoms with van der Waals surface area (Å²) in [6.07, 6.45) is 11.8. The first-order valence-electron chi connectivity index (χ1n) is 9.77. The van der Waals surface area contributed by atoms with Crippen molar-refractivity contribution in [3.8, 4) is 0 Å². The summed E-state index contributed by atoms with van der Waals surface area (Å²) in [6, 6.07) is 5.38. The monoisotopic (exact) mass is 378 g/mol. The lowest BCUT2D eigenvalue weighted by molar-refractivity contribution is 0.198. The summed E-state index contributed by atoms with van der Waals surface area (Å²) in [6.45, 7) is 3.09. The molecule has 0 aliphatic carbocycles. The van der Waals surface area contributed by atoms with Gasteiger partial charge in [-0.05, 0) is 30.1 Å². The number of nitrogens with zero attached hydrogens (tertiary/aromatic N) is 1. The smallest absolute Gasteiger partial charge is 0.428 e. The van der Waals surface area contributed by atoms with E-state index in [1.807, 2.05) is 6.07 Å². The van der Waals surface area contributed by atoms with Gasteiger partial charge >= 0.3 is 6.09 Å². The lowest BCUT2D eigenvalue weighted by Crippen LogP contribution is -2.19. The van der Waals surface area contributed by atoms with Crippen LogP contribution in [0.3, 0.4) is 0 Å². The molecule has 0 fully saturated rings. The highest BCUT2D eigenvalue weighted by Crippen LogP contribution is 2.26. The number of fused-ring (bicyclic) bond motifs is 1. The van der Waals surface area contributed by atoms with Crippen LogP contribution >= 0.6 is 11.5 Å². The van der Waals surface area contributed by atoms with Crippen LogP contribution in [-0.4, -0.2) is 21.7 Å². The molecule has 0 spiro atoms. The summed E-state index contributed by atoms with van der Waals surface area (Å²) in [4.78, 5) is 23.2. The van der Waals surface area contributed by atoms with E-state index in [1.165, 1.54) is 57.8 Å².